The standard InChI is InChI=1S/C32H27ClN4O3S/c1-21-12-14-25(33)18-27(21)37-30(35-36-32(37)41-19-23-10-6-3-7-11-23)26(16-22-8-4-2-5-9-22)34-31(38)24-13-15-28-29(17-24)40-20-39-28/h2-15,17-18,26H,16,19-20H2,1H3,(H,34,38). The van der Waals surface area contributed by atoms with Crippen LogP contribution in [0.15, 0.2) is 102 Å². The smallest absolute Gasteiger partial charge is 0.252 e. The van der Waals surface area contributed by atoms with Crippen LogP contribution in [0.1, 0.15) is 38.9 Å². The van der Waals surface area contributed by atoms with Gasteiger partial charge in [-0.3, -0.25) is 9.36 Å². The third-order valence-corrected chi connectivity index (χ3v) is 8.05. The zero-order valence-electron chi connectivity index (χ0n) is 22.3. The summed E-state index contributed by atoms with van der Waals surface area (Å²) in [7, 11) is 0. The Bertz CT molecular complexity index is 1680. The molecular weight excluding hydrogens is 556 g/mol. The molecule has 0 bridgehead atoms. The van der Waals surface area contributed by atoms with Crippen LogP contribution in [0.4, 0.5) is 0 Å². The molecular formula is C32H27ClN4O3S. The summed E-state index contributed by atoms with van der Waals surface area (Å²) < 4.78 is 12.9. The SMILES string of the molecule is Cc1ccc(Cl)cc1-n1c(SCc2ccccc2)nnc1C(Cc1ccccc1)NC(=O)c1ccc2c(c1)OCO2. The van der Waals surface area contributed by atoms with Gasteiger partial charge in [0.1, 0.15) is 0 Å². The first kappa shape index (κ1) is 26.9. The number of nitrogens with one attached hydrogen (secondary N) is 1. The lowest BCUT2D eigenvalue weighted by molar-refractivity contribution is 0.0933. The Morgan fingerprint density at radius 3 is 2.44 bits per heavy atom. The number of halogens is 1. The van der Waals surface area contributed by atoms with Crippen LogP contribution in [0.5, 0.6) is 11.5 Å². The number of benzene rings is 4. The first-order chi connectivity index (χ1) is 20.0. The van der Waals surface area contributed by atoms with Crippen LogP contribution in [-0.4, -0.2) is 27.5 Å². The summed E-state index contributed by atoms with van der Waals surface area (Å²) in [6, 6.07) is 30.7. The third kappa shape index (κ3) is 6.09. The number of hydrogen-bond acceptors (Lipinski definition) is 6. The van der Waals surface area contributed by atoms with Gasteiger partial charge in [-0.2, -0.15) is 0 Å². The maximum atomic E-state index is 13.6. The fourth-order valence-electron chi connectivity index (χ4n) is 4.71. The van der Waals surface area contributed by atoms with E-state index in [9.17, 15) is 4.79 Å². The number of fused-ring (bicyclic) bond motifs is 1. The number of amides is 1. The van der Waals surface area contributed by atoms with Crippen molar-refractivity contribution in [2.24, 2.45) is 0 Å². The number of rotatable bonds is 9. The molecule has 1 aliphatic rings. The van der Waals surface area contributed by atoms with Crippen molar-refractivity contribution in [3.05, 3.63) is 130 Å². The van der Waals surface area contributed by atoms with E-state index < -0.39 is 6.04 Å². The Balaban J connectivity index is 1.40. The Hall–Kier alpha value is -4.27. The van der Waals surface area contributed by atoms with Gasteiger partial charge in [0.2, 0.25) is 6.79 Å². The van der Waals surface area contributed by atoms with Crippen molar-refractivity contribution in [2.75, 3.05) is 6.79 Å². The molecule has 2 heterocycles. The molecule has 0 fully saturated rings. The number of nitrogens with zero attached hydrogens (tertiary/aromatic N) is 3. The van der Waals surface area contributed by atoms with E-state index in [0.29, 0.717) is 45.2 Å². The molecule has 0 spiro atoms. The molecule has 6 rings (SSSR count). The lowest BCUT2D eigenvalue weighted by atomic mass is 10.0. The van der Waals surface area contributed by atoms with Crippen molar-refractivity contribution in [1.29, 1.82) is 0 Å². The van der Waals surface area contributed by atoms with Crippen molar-refractivity contribution in [3.8, 4) is 17.2 Å². The number of ether oxygens (including phenoxy) is 2. The second-order valence-corrected chi connectivity index (χ2v) is 11.0. The molecule has 0 saturated carbocycles. The Kier molecular flexibility index (Phi) is 7.93. The average molecular weight is 583 g/mol. The largest absolute Gasteiger partial charge is 0.454 e. The molecule has 41 heavy (non-hydrogen) atoms. The molecule has 5 aromatic rings. The highest BCUT2D eigenvalue weighted by atomic mass is 35.5. The van der Waals surface area contributed by atoms with Crippen LogP contribution in [0.3, 0.4) is 0 Å². The summed E-state index contributed by atoms with van der Waals surface area (Å²) in [6.07, 6.45) is 0.512. The molecule has 9 heteroatoms. The number of hydrogen-bond donors (Lipinski definition) is 1. The maximum Gasteiger partial charge on any atom is 0.252 e. The number of carbonyl (C=O) groups excluding carboxylic acids is 1. The van der Waals surface area contributed by atoms with Crippen molar-refractivity contribution >= 4 is 29.3 Å². The van der Waals surface area contributed by atoms with Crippen LogP contribution >= 0.6 is 23.4 Å². The van der Waals surface area contributed by atoms with Crippen LogP contribution in [0.25, 0.3) is 5.69 Å². The van der Waals surface area contributed by atoms with Gasteiger partial charge in [-0.1, -0.05) is 90.1 Å². The highest BCUT2D eigenvalue weighted by molar-refractivity contribution is 7.98. The second kappa shape index (κ2) is 12.1. The van der Waals surface area contributed by atoms with E-state index in [1.165, 1.54) is 5.56 Å². The van der Waals surface area contributed by atoms with Crippen LogP contribution < -0.4 is 14.8 Å². The molecule has 4 aromatic carbocycles. The molecule has 1 N–H and O–H groups in total. The quantitative estimate of drug-likeness (QED) is 0.189. The van der Waals surface area contributed by atoms with E-state index in [1.807, 2.05) is 78.2 Å². The monoisotopic (exact) mass is 582 g/mol. The van der Waals surface area contributed by atoms with E-state index in [2.05, 4.69) is 27.6 Å². The minimum Gasteiger partial charge on any atom is -0.454 e. The summed E-state index contributed by atoms with van der Waals surface area (Å²) in [4.78, 5) is 13.6. The zero-order valence-corrected chi connectivity index (χ0v) is 23.9. The topological polar surface area (TPSA) is 78.3 Å². The molecule has 1 aromatic heterocycles. The van der Waals surface area contributed by atoms with Gasteiger partial charge < -0.3 is 14.8 Å². The lowest BCUT2D eigenvalue weighted by Gasteiger charge is -2.21. The second-order valence-electron chi connectivity index (χ2n) is 9.67. The molecule has 0 aliphatic carbocycles. The first-order valence-electron chi connectivity index (χ1n) is 13.2. The molecule has 206 valence electrons. The van der Waals surface area contributed by atoms with Gasteiger partial charge in [-0.05, 0) is 60.4 Å². The lowest BCUT2D eigenvalue weighted by Crippen LogP contribution is -2.32. The predicted octanol–water partition coefficient (Wildman–Crippen LogP) is 6.96. The van der Waals surface area contributed by atoms with Crippen molar-refractivity contribution in [1.82, 2.24) is 20.1 Å². The fourth-order valence-corrected chi connectivity index (χ4v) is 5.78. The molecule has 1 aliphatic heterocycles. The van der Waals surface area contributed by atoms with E-state index in [1.54, 1.807) is 30.0 Å². The summed E-state index contributed by atoms with van der Waals surface area (Å²) in [6.45, 7) is 2.17. The molecule has 0 saturated heterocycles. The van der Waals surface area contributed by atoms with E-state index in [0.717, 1.165) is 16.8 Å². The van der Waals surface area contributed by atoms with Gasteiger partial charge in [0.15, 0.2) is 22.5 Å². The highest BCUT2D eigenvalue weighted by Gasteiger charge is 2.27. The third-order valence-electron chi connectivity index (χ3n) is 6.82. The van der Waals surface area contributed by atoms with Gasteiger partial charge >= 0.3 is 0 Å². The molecule has 7 nitrogen and oxygen atoms in total. The van der Waals surface area contributed by atoms with Crippen LogP contribution in [0, 0.1) is 6.92 Å². The summed E-state index contributed by atoms with van der Waals surface area (Å²) in [5, 5.41) is 13.8. The summed E-state index contributed by atoms with van der Waals surface area (Å²) in [5.41, 5.74) is 4.57. The van der Waals surface area contributed by atoms with Gasteiger partial charge in [-0.15, -0.1) is 10.2 Å². The highest BCUT2D eigenvalue weighted by Crippen LogP contribution is 2.34. The minimum absolute atomic E-state index is 0.141. The Labute approximate surface area is 247 Å². The summed E-state index contributed by atoms with van der Waals surface area (Å²) in [5.74, 6) is 2.25. The van der Waals surface area contributed by atoms with E-state index in [4.69, 9.17) is 21.1 Å². The van der Waals surface area contributed by atoms with Crippen molar-refractivity contribution in [3.63, 3.8) is 0 Å². The fraction of sp³-hybridized carbons (Fsp3) is 0.156. The van der Waals surface area contributed by atoms with Gasteiger partial charge in [0.25, 0.3) is 5.91 Å². The van der Waals surface area contributed by atoms with Crippen LogP contribution in [0.2, 0.25) is 5.02 Å². The predicted molar refractivity (Wildman–Crippen MR) is 160 cm³/mol. The van der Waals surface area contributed by atoms with Crippen LogP contribution in [-0.2, 0) is 12.2 Å². The Morgan fingerprint density at radius 2 is 1.66 bits per heavy atom. The maximum absolute atomic E-state index is 13.6. The Morgan fingerprint density at radius 1 is 0.927 bits per heavy atom. The number of carbonyl (C=O) groups is 1. The normalized spacial score (nSPS) is 12.7. The number of aryl methyl sites for hydroxylation is 1. The average Bonchev–Trinajstić information content (AvgIpc) is 3.65. The first-order valence-corrected chi connectivity index (χ1v) is 14.5. The van der Waals surface area contributed by atoms with E-state index >= 15 is 0 Å². The van der Waals surface area contributed by atoms with Crippen molar-refractivity contribution in [2.45, 2.75) is 30.3 Å². The zero-order chi connectivity index (χ0) is 28.2. The van der Waals surface area contributed by atoms with Gasteiger partial charge in [-0.25, -0.2) is 0 Å². The molecule has 1 amide bonds. The molecule has 0 radical (unpaired) electrons. The number of thioether (sulfide) groups is 1. The summed E-state index contributed by atoms with van der Waals surface area (Å²) >= 11 is 8.06. The van der Waals surface area contributed by atoms with Gasteiger partial charge in [0.05, 0.1) is 11.7 Å². The van der Waals surface area contributed by atoms with E-state index in [-0.39, 0.29) is 12.7 Å². The van der Waals surface area contributed by atoms with Gasteiger partial charge in [0, 0.05) is 16.3 Å². The molecule has 1 atom stereocenters. The number of aromatic nitrogens is 3. The van der Waals surface area contributed by atoms with Crippen molar-refractivity contribution < 1.29 is 14.3 Å². The minimum atomic E-state index is -0.493. The molecule has 1 unspecified atom stereocenters.